The van der Waals surface area contributed by atoms with Crippen LogP contribution in [0.25, 0.3) is 11.3 Å². The highest BCUT2D eigenvalue weighted by molar-refractivity contribution is 6.31. The summed E-state index contributed by atoms with van der Waals surface area (Å²) in [6.45, 7) is 1.86. The maximum atomic E-state index is 12.4. The summed E-state index contributed by atoms with van der Waals surface area (Å²) in [7, 11) is 1.51. The molecule has 3 aromatic rings. The molecule has 6 nitrogen and oxygen atoms in total. The first-order valence-electron chi connectivity index (χ1n) is 5.92. The monoisotopic (exact) mass is 290 g/mol. The van der Waals surface area contributed by atoms with Crippen molar-refractivity contribution in [3.05, 3.63) is 62.0 Å². The molecular weight excluding hydrogens is 280 g/mol. The first-order valence-corrected chi connectivity index (χ1v) is 6.30. The number of hydrogen-bond donors (Lipinski definition) is 0. The van der Waals surface area contributed by atoms with E-state index in [1.54, 1.807) is 24.4 Å². The zero-order chi connectivity index (χ0) is 14.4. The molecule has 0 spiro atoms. The van der Waals surface area contributed by atoms with Crippen LogP contribution in [-0.2, 0) is 7.05 Å². The van der Waals surface area contributed by atoms with E-state index in [1.807, 2.05) is 6.92 Å². The topological polar surface area (TPSA) is 61.3 Å². The number of aryl methyl sites for hydroxylation is 2. The van der Waals surface area contributed by atoms with E-state index < -0.39 is 0 Å². The first-order chi connectivity index (χ1) is 9.49. The lowest BCUT2D eigenvalue weighted by molar-refractivity contribution is 0.732. The van der Waals surface area contributed by atoms with Crippen LogP contribution in [0.15, 0.2) is 40.2 Å². The zero-order valence-corrected chi connectivity index (χ0v) is 11.6. The van der Waals surface area contributed by atoms with Gasteiger partial charge in [-0.2, -0.15) is 0 Å². The molecule has 3 rings (SSSR count). The fourth-order valence-corrected chi connectivity index (χ4v) is 2.17. The van der Waals surface area contributed by atoms with Gasteiger partial charge in [-0.05, 0) is 30.7 Å². The molecule has 0 fully saturated rings. The highest BCUT2D eigenvalue weighted by atomic mass is 35.5. The van der Waals surface area contributed by atoms with Gasteiger partial charge < -0.3 is 0 Å². The van der Waals surface area contributed by atoms with Gasteiger partial charge in [-0.15, -0.1) is 5.10 Å². The van der Waals surface area contributed by atoms with Crippen LogP contribution in [0.2, 0.25) is 5.02 Å². The predicted octanol–water partition coefficient (Wildman–Crippen LogP) is 1.15. The van der Waals surface area contributed by atoms with E-state index in [2.05, 4.69) is 5.10 Å². The highest BCUT2D eigenvalue weighted by Gasteiger charge is 2.11. The second-order valence-electron chi connectivity index (χ2n) is 4.51. The van der Waals surface area contributed by atoms with Crippen LogP contribution in [0, 0.1) is 6.92 Å². The summed E-state index contributed by atoms with van der Waals surface area (Å²) in [5.74, 6) is 0. The van der Waals surface area contributed by atoms with Crippen LogP contribution in [-0.4, -0.2) is 18.7 Å². The second kappa shape index (κ2) is 4.35. The van der Waals surface area contributed by atoms with Gasteiger partial charge in [0, 0.05) is 30.2 Å². The summed E-state index contributed by atoms with van der Waals surface area (Å²) in [5.41, 5.74) is 0.933. The smallest absolute Gasteiger partial charge is 0.280 e. The molecule has 0 unspecified atom stereocenters. The molecule has 0 aliphatic carbocycles. The van der Waals surface area contributed by atoms with Gasteiger partial charge in [-0.1, -0.05) is 11.6 Å². The summed E-state index contributed by atoms with van der Waals surface area (Å²) in [6, 6.07) is 5.28. The fraction of sp³-hybridized carbons (Fsp3) is 0.154. The van der Waals surface area contributed by atoms with Crippen LogP contribution >= 0.6 is 11.6 Å². The van der Waals surface area contributed by atoms with Crippen LogP contribution in [0.5, 0.6) is 0 Å². The Bertz CT molecular complexity index is 936. The molecule has 2 heterocycles. The van der Waals surface area contributed by atoms with Gasteiger partial charge in [-0.3, -0.25) is 9.36 Å². The van der Waals surface area contributed by atoms with E-state index in [9.17, 15) is 9.59 Å². The SMILES string of the molecule is Cc1cc(-n2ccn3c(=O)n(C)nc3c2=O)ccc1Cl. The lowest BCUT2D eigenvalue weighted by Gasteiger charge is -2.07. The molecule has 0 amide bonds. The number of halogens is 1. The molecule has 7 heteroatoms. The van der Waals surface area contributed by atoms with Crippen molar-refractivity contribution < 1.29 is 0 Å². The van der Waals surface area contributed by atoms with E-state index in [0.717, 1.165) is 10.2 Å². The van der Waals surface area contributed by atoms with E-state index >= 15 is 0 Å². The van der Waals surface area contributed by atoms with E-state index in [4.69, 9.17) is 11.6 Å². The molecule has 0 saturated carbocycles. The Morgan fingerprint density at radius 3 is 2.65 bits per heavy atom. The van der Waals surface area contributed by atoms with E-state index in [0.29, 0.717) is 10.7 Å². The van der Waals surface area contributed by atoms with Crippen molar-refractivity contribution in [3.8, 4) is 5.69 Å². The predicted molar refractivity (Wildman–Crippen MR) is 75.8 cm³/mol. The summed E-state index contributed by atoms with van der Waals surface area (Å²) >= 11 is 5.98. The van der Waals surface area contributed by atoms with Crippen molar-refractivity contribution in [2.75, 3.05) is 0 Å². The molecule has 1 aromatic carbocycles. The summed E-state index contributed by atoms with van der Waals surface area (Å²) < 4.78 is 3.79. The molecule has 0 radical (unpaired) electrons. The van der Waals surface area contributed by atoms with Crippen LogP contribution in [0.1, 0.15) is 5.56 Å². The quantitative estimate of drug-likeness (QED) is 0.675. The third-order valence-electron chi connectivity index (χ3n) is 3.15. The number of benzene rings is 1. The van der Waals surface area contributed by atoms with Crippen molar-refractivity contribution in [3.63, 3.8) is 0 Å². The molecule has 102 valence electrons. The van der Waals surface area contributed by atoms with Crippen LogP contribution < -0.4 is 11.2 Å². The van der Waals surface area contributed by atoms with Crippen LogP contribution in [0.4, 0.5) is 0 Å². The molecule has 0 aliphatic rings. The van der Waals surface area contributed by atoms with Gasteiger partial charge in [0.25, 0.3) is 0 Å². The fourth-order valence-electron chi connectivity index (χ4n) is 2.05. The summed E-state index contributed by atoms with van der Waals surface area (Å²) in [6.07, 6.45) is 3.07. The second-order valence-corrected chi connectivity index (χ2v) is 4.91. The molecule has 0 aliphatic heterocycles. The van der Waals surface area contributed by atoms with Crippen LogP contribution in [0.3, 0.4) is 0 Å². The Morgan fingerprint density at radius 1 is 1.20 bits per heavy atom. The lowest BCUT2D eigenvalue weighted by Crippen LogP contribution is -2.23. The number of aromatic nitrogens is 4. The normalized spacial score (nSPS) is 11.2. The average molecular weight is 291 g/mol. The minimum atomic E-state index is -0.355. The van der Waals surface area contributed by atoms with Gasteiger partial charge >= 0.3 is 11.2 Å². The number of rotatable bonds is 1. The Kier molecular flexibility index (Phi) is 2.76. The number of fused-ring (bicyclic) bond motifs is 1. The number of nitrogens with zero attached hydrogens (tertiary/aromatic N) is 4. The van der Waals surface area contributed by atoms with Crippen molar-refractivity contribution >= 4 is 17.2 Å². The maximum Gasteiger partial charge on any atom is 0.350 e. The van der Waals surface area contributed by atoms with Crippen molar-refractivity contribution in [1.82, 2.24) is 18.7 Å². The molecule has 0 N–H and O–H groups in total. The molecule has 0 saturated heterocycles. The van der Waals surface area contributed by atoms with E-state index in [1.165, 1.54) is 22.2 Å². The average Bonchev–Trinajstić information content (AvgIpc) is 2.71. The highest BCUT2D eigenvalue weighted by Crippen LogP contribution is 2.17. The Hall–Kier alpha value is -2.34. The standard InChI is InChI=1S/C13H11ClN4O2/c1-8-7-9(3-4-10(8)14)17-5-6-18-11(12(17)19)15-16(2)13(18)20/h3-7H,1-2H3. The van der Waals surface area contributed by atoms with Gasteiger partial charge in [0.05, 0.1) is 0 Å². The van der Waals surface area contributed by atoms with Crippen molar-refractivity contribution in [2.24, 2.45) is 7.05 Å². The lowest BCUT2D eigenvalue weighted by atomic mass is 10.2. The summed E-state index contributed by atoms with van der Waals surface area (Å²) in [4.78, 5) is 24.1. The minimum Gasteiger partial charge on any atom is -0.280 e. The number of hydrogen-bond acceptors (Lipinski definition) is 3. The zero-order valence-electron chi connectivity index (χ0n) is 10.9. The molecule has 0 bridgehead atoms. The van der Waals surface area contributed by atoms with Crippen molar-refractivity contribution in [2.45, 2.75) is 6.92 Å². The molecular formula is C13H11ClN4O2. The van der Waals surface area contributed by atoms with Gasteiger partial charge in [0.15, 0.2) is 0 Å². The van der Waals surface area contributed by atoms with Gasteiger partial charge in [-0.25, -0.2) is 13.9 Å². The largest absolute Gasteiger partial charge is 0.350 e. The maximum absolute atomic E-state index is 12.4. The third-order valence-corrected chi connectivity index (χ3v) is 3.57. The Balaban J connectivity index is 2.32. The van der Waals surface area contributed by atoms with Gasteiger partial charge in [0.1, 0.15) is 0 Å². The Morgan fingerprint density at radius 2 is 1.95 bits per heavy atom. The molecule has 0 atom stereocenters. The Labute approximate surface area is 118 Å². The third kappa shape index (κ3) is 1.77. The first kappa shape index (κ1) is 12.7. The van der Waals surface area contributed by atoms with Gasteiger partial charge in [0.2, 0.25) is 5.65 Å². The van der Waals surface area contributed by atoms with E-state index in [-0.39, 0.29) is 16.9 Å². The molecule has 20 heavy (non-hydrogen) atoms. The minimum absolute atomic E-state index is 0.0904. The van der Waals surface area contributed by atoms with Crippen molar-refractivity contribution in [1.29, 1.82) is 0 Å². The summed E-state index contributed by atoms with van der Waals surface area (Å²) in [5, 5.41) is 4.58. The molecule has 2 aromatic heterocycles.